The molecule has 6 heteroatoms. The summed E-state index contributed by atoms with van der Waals surface area (Å²) in [5.41, 5.74) is 2.41. The van der Waals surface area contributed by atoms with E-state index in [0.29, 0.717) is 24.0 Å². The smallest absolute Gasteiger partial charge is 0.344 e. The fourth-order valence-electron chi connectivity index (χ4n) is 4.92. The van der Waals surface area contributed by atoms with Gasteiger partial charge in [-0.05, 0) is 86.3 Å². The monoisotopic (exact) mass is 487 g/mol. The highest BCUT2D eigenvalue weighted by Crippen LogP contribution is 2.33. The fraction of sp³-hybridized carbons (Fsp3) is 0.300. The molecule has 1 fully saturated rings. The molecule has 2 heterocycles. The summed E-state index contributed by atoms with van der Waals surface area (Å²) in [7, 11) is 0. The van der Waals surface area contributed by atoms with Gasteiger partial charge in [0.15, 0.2) is 0 Å². The van der Waals surface area contributed by atoms with E-state index in [2.05, 4.69) is 4.90 Å². The quantitative estimate of drug-likeness (QED) is 0.321. The molecule has 186 valence electrons. The maximum absolute atomic E-state index is 15.0. The zero-order valence-corrected chi connectivity index (χ0v) is 20.4. The van der Waals surface area contributed by atoms with E-state index in [0.717, 1.165) is 36.5 Å². The predicted octanol–water partition coefficient (Wildman–Crippen LogP) is 6.07. The van der Waals surface area contributed by atoms with Crippen molar-refractivity contribution in [2.75, 3.05) is 26.2 Å². The molecular weight excluding hydrogens is 457 g/mol. The topological polar surface area (TPSA) is 62.9 Å². The molecule has 5 nitrogen and oxygen atoms in total. The average Bonchev–Trinajstić information content (AvgIpc) is 2.86. The molecule has 1 N–H and O–H groups in total. The van der Waals surface area contributed by atoms with Crippen molar-refractivity contribution in [1.29, 1.82) is 0 Å². The Hall–Kier alpha value is -3.64. The Balaban J connectivity index is 1.44. The number of hydrogen-bond acceptors (Lipinski definition) is 5. The van der Waals surface area contributed by atoms with Gasteiger partial charge in [-0.2, -0.15) is 0 Å². The summed E-state index contributed by atoms with van der Waals surface area (Å²) in [6, 6.07) is 17.2. The van der Waals surface area contributed by atoms with Gasteiger partial charge in [0.25, 0.3) is 0 Å². The minimum Gasteiger partial charge on any atom is -0.508 e. The molecule has 0 amide bonds. The SMILES string of the molecule is Cc1ccc(-c2c(Cc3ccc(OCCN4CCCCC4)cc3)c3ccc(O)cc3oc2=O)c(F)c1. The molecule has 5 rings (SSSR count). The second kappa shape index (κ2) is 10.5. The van der Waals surface area contributed by atoms with Gasteiger partial charge in [0.1, 0.15) is 29.5 Å². The van der Waals surface area contributed by atoms with E-state index in [4.69, 9.17) is 9.15 Å². The van der Waals surface area contributed by atoms with Crippen molar-refractivity contribution in [2.24, 2.45) is 0 Å². The number of nitrogens with zero attached hydrogens (tertiary/aromatic N) is 1. The number of likely N-dealkylation sites (tertiary alicyclic amines) is 1. The van der Waals surface area contributed by atoms with Crippen molar-refractivity contribution in [3.05, 3.63) is 93.6 Å². The minimum atomic E-state index is -0.636. The van der Waals surface area contributed by atoms with E-state index < -0.39 is 11.4 Å². The van der Waals surface area contributed by atoms with Gasteiger partial charge in [0, 0.05) is 23.6 Å². The first-order chi connectivity index (χ1) is 17.5. The molecule has 4 aromatic rings. The Labute approximate surface area is 209 Å². The van der Waals surface area contributed by atoms with Crippen LogP contribution in [0, 0.1) is 12.7 Å². The Morgan fingerprint density at radius 3 is 2.53 bits per heavy atom. The standard InChI is InChI=1S/C30H30FNO4/c1-20-5-11-25(27(31)17-20)29-26(24-12-8-22(33)19-28(24)36-30(29)34)18-21-6-9-23(10-7-21)35-16-15-32-13-3-2-4-14-32/h5-12,17,19,33H,2-4,13-16,18H2,1H3. The minimum absolute atomic E-state index is 0.00285. The lowest BCUT2D eigenvalue weighted by Gasteiger charge is -2.26. The van der Waals surface area contributed by atoms with Crippen LogP contribution in [0.15, 0.2) is 69.9 Å². The van der Waals surface area contributed by atoms with E-state index in [9.17, 15) is 14.3 Å². The third-order valence-electron chi connectivity index (χ3n) is 6.82. The summed E-state index contributed by atoms with van der Waals surface area (Å²) in [4.78, 5) is 15.5. The van der Waals surface area contributed by atoms with Gasteiger partial charge < -0.3 is 14.3 Å². The Morgan fingerprint density at radius 1 is 1.00 bits per heavy atom. The number of rotatable bonds is 7. The highest BCUT2D eigenvalue weighted by Gasteiger charge is 2.20. The van der Waals surface area contributed by atoms with Crippen LogP contribution in [0.4, 0.5) is 4.39 Å². The van der Waals surface area contributed by atoms with Gasteiger partial charge in [-0.3, -0.25) is 4.90 Å². The van der Waals surface area contributed by atoms with Crippen LogP contribution < -0.4 is 10.4 Å². The largest absolute Gasteiger partial charge is 0.508 e. The van der Waals surface area contributed by atoms with E-state index in [-0.39, 0.29) is 22.5 Å². The first kappa shape index (κ1) is 24.1. The third-order valence-corrected chi connectivity index (χ3v) is 6.82. The highest BCUT2D eigenvalue weighted by atomic mass is 19.1. The predicted molar refractivity (Wildman–Crippen MR) is 139 cm³/mol. The Kier molecular flexibility index (Phi) is 7.05. The van der Waals surface area contributed by atoms with Gasteiger partial charge in [-0.1, -0.05) is 30.7 Å². The van der Waals surface area contributed by atoms with Gasteiger partial charge >= 0.3 is 5.63 Å². The van der Waals surface area contributed by atoms with Gasteiger partial charge in [0.05, 0.1) is 5.56 Å². The summed E-state index contributed by atoms with van der Waals surface area (Å²) in [6.07, 6.45) is 4.23. The van der Waals surface area contributed by atoms with Crippen LogP contribution in [-0.2, 0) is 6.42 Å². The number of fused-ring (bicyclic) bond motifs is 1. The zero-order valence-electron chi connectivity index (χ0n) is 20.4. The summed E-state index contributed by atoms with van der Waals surface area (Å²) in [5, 5.41) is 10.6. The number of aryl methyl sites for hydroxylation is 1. The molecule has 36 heavy (non-hydrogen) atoms. The van der Waals surface area contributed by atoms with E-state index in [1.54, 1.807) is 31.2 Å². The van der Waals surface area contributed by atoms with Gasteiger partial charge in [0.2, 0.25) is 0 Å². The van der Waals surface area contributed by atoms with Crippen molar-refractivity contribution in [3.63, 3.8) is 0 Å². The van der Waals surface area contributed by atoms with Crippen LogP contribution in [0.1, 0.15) is 36.0 Å². The van der Waals surface area contributed by atoms with E-state index >= 15 is 0 Å². The first-order valence-electron chi connectivity index (χ1n) is 12.5. The van der Waals surface area contributed by atoms with Crippen LogP contribution in [-0.4, -0.2) is 36.2 Å². The van der Waals surface area contributed by atoms with Gasteiger partial charge in [-0.15, -0.1) is 0 Å². The van der Waals surface area contributed by atoms with Crippen LogP contribution in [0.3, 0.4) is 0 Å². The number of ether oxygens (including phenoxy) is 1. The zero-order chi connectivity index (χ0) is 25.1. The summed E-state index contributed by atoms with van der Waals surface area (Å²) >= 11 is 0. The normalized spacial score (nSPS) is 14.3. The number of aromatic hydroxyl groups is 1. The maximum atomic E-state index is 15.0. The molecule has 0 bridgehead atoms. The molecule has 1 aromatic heterocycles. The molecule has 0 atom stereocenters. The average molecular weight is 488 g/mol. The molecular formula is C30H30FNO4. The lowest BCUT2D eigenvalue weighted by molar-refractivity contribution is 0.183. The molecule has 1 aliphatic heterocycles. The molecule has 0 spiro atoms. The van der Waals surface area contributed by atoms with E-state index in [1.807, 2.05) is 24.3 Å². The molecule has 3 aromatic carbocycles. The highest BCUT2D eigenvalue weighted by molar-refractivity contribution is 5.88. The fourth-order valence-corrected chi connectivity index (χ4v) is 4.92. The van der Waals surface area contributed by atoms with Crippen LogP contribution >= 0.6 is 0 Å². The van der Waals surface area contributed by atoms with E-state index in [1.165, 1.54) is 31.4 Å². The van der Waals surface area contributed by atoms with Crippen molar-refractivity contribution >= 4 is 11.0 Å². The van der Waals surface area contributed by atoms with Crippen LogP contribution in [0.2, 0.25) is 0 Å². The number of benzene rings is 3. The number of piperidine rings is 1. The number of phenolic OH excluding ortho intramolecular Hbond substituents is 1. The summed E-state index contributed by atoms with van der Waals surface area (Å²) < 4.78 is 26.4. The Bertz CT molecular complexity index is 1420. The molecule has 1 saturated heterocycles. The Morgan fingerprint density at radius 2 is 1.78 bits per heavy atom. The second-order valence-corrected chi connectivity index (χ2v) is 9.48. The van der Waals surface area contributed by atoms with Crippen molar-refractivity contribution < 1.29 is 18.7 Å². The first-order valence-corrected chi connectivity index (χ1v) is 12.5. The summed E-state index contributed by atoms with van der Waals surface area (Å²) in [5.74, 6) is 0.318. The number of phenols is 1. The van der Waals surface area contributed by atoms with Crippen molar-refractivity contribution in [1.82, 2.24) is 4.90 Å². The van der Waals surface area contributed by atoms with Gasteiger partial charge in [-0.25, -0.2) is 9.18 Å². The lowest BCUT2D eigenvalue weighted by Crippen LogP contribution is -2.33. The lowest BCUT2D eigenvalue weighted by atomic mass is 9.92. The maximum Gasteiger partial charge on any atom is 0.344 e. The third kappa shape index (κ3) is 5.29. The van der Waals surface area contributed by atoms with Crippen molar-refractivity contribution in [2.45, 2.75) is 32.6 Å². The van der Waals surface area contributed by atoms with Crippen molar-refractivity contribution in [3.8, 4) is 22.6 Å². The second-order valence-electron chi connectivity index (χ2n) is 9.48. The molecule has 1 aliphatic rings. The van der Waals surface area contributed by atoms with Crippen LogP contribution in [0.25, 0.3) is 22.1 Å². The van der Waals surface area contributed by atoms with Crippen LogP contribution in [0.5, 0.6) is 11.5 Å². The number of halogens is 1. The number of hydrogen-bond donors (Lipinski definition) is 1. The molecule has 0 saturated carbocycles. The summed E-state index contributed by atoms with van der Waals surface area (Å²) in [6.45, 7) is 5.65. The molecule has 0 unspecified atom stereocenters. The molecule has 0 aliphatic carbocycles. The molecule has 0 radical (unpaired) electrons.